The highest BCUT2D eigenvalue weighted by atomic mass is 16.6. The maximum absolute atomic E-state index is 12.3. The molecule has 1 aliphatic heterocycles. The standard InChI is InChI=1S/C24H27NO6/c1-16-5-7-19(17(2)11-16)14-25(3)22(26)15-31-23(27)8-6-18-12-20(28-4)24-21(13-18)29-9-10-30-24/h5-8,11-13H,9-10,14-15H2,1-4H3/b8-6+. The van der Waals surface area contributed by atoms with Gasteiger partial charge in [0.2, 0.25) is 5.75 Å². The third kappa shape index (κ3) is 5.78. The fraction of sp³-hybridized carbons (Fsp3) is 0.333. The first-order chi connectivity index (χ1) is 14.9. The van der Waals surface area contributed by atoms with E-state index in [9.17, 15) is 9.59 Å². The van der Waals surface area contributed by atoms with Gasteiger partial charge in [-0.05, 0) is 48.7 Å². The van der Waals surface area contributed by atoms with Gasteiger partial charge in [-0.2, -0.15) is 0 Å². The molecule has 7 heteroatoms. The molecular formula is C24H27NO6. The summed E-state index contributed by atoms with van der Waals surface area (Å²) in [5.74, 6) is 0.742. The number of carbonyl (C=O) groups is 2. The number of rotatable bonds is 7. The molecule has 0 spiro atoms. The number of esters is 1. The van der Waals surface area contributed by atoms with Gasteiger partial charge in [0.25, 0.3) is 5.91 Å². The lowest BCUT2D eigenvalue weighted by molar-refractivity contribution is -0.147. The predicted octanol–water partition coefficient (Wildman–Crippen LogP) is 3.30. The van der Waals surface area contributed by atoms with E-state index in [4.69, 9.17) is 18.9 Å². The Labute approximate surface area is 182 Å². The van der Waals surface area contributed by atoms with E-state index in [2.05, 4.69) is 6.07 Å². The number of ether oxygens (including phenoxy) is 4. The average molecular weight is 425 g/mol. The highest BCUT2D eigenvalue weighted by molar-refractivity contribution is 5.89. The van der Waals surface area contributed by atoms with Gasteiger partial charge in [0.05, 0.1) is 7.11 Å². The normalized spacial score (nSPS) is 12.5. The largest absolute Gasteiger partial charge is 0.493 e. The Morgan fingerprint density at radius 3 is 2.65 bits per heavy atom. The van der Waals surface area contributed by atoms with E-state index in [1.165, 1.54) is 18.7 Å². The van der Waals surface area contributed by atoms with E-state index in [1.807, 2.05) is 26.0 Å². The molecule has 0 radical (unpaired) electrons. The van der Waals surface area contributed by atoms with Gasteiger partial charge in [-0.1, -0.05) is 23.8 Å². The van der Waals surface area contributed by atoms with Crippen molar-refractivity contribution in [2.24, 2.45) is 0 Å². The van der Waals surface area contributed by atoms with Crippen molar-refractivity contribution in [2.45, 2.75) is 20.4 Å². The molecule has 7 nitrogen and oxygen atoms in total. The smallest absolute Gasteiger partial charge is 0.331 e. The Morgan fingerprint density at radius 1 is 1.13 bits per heavy atom. The van der Waals surface area contributed by atoms with Crippen LogP contribution in [0, 0.1) is 13.8 Å². The number of hydrogen-bond donors (Lipinski definition) is 0. The van der Waals surface area contributed by atoms with Crippen LogP contribution in [0.1, 0.15) is 22.3 Å². The summed E-state index contributed by atoms with van der Waals surface area (Å²) in [6.07, 6.45) is 2.84. The van der Waals surface area contributed by atoms with E-state index in [-0.39, 0.29) is 12.5 Å². The van der Waals surface area contributed by atoms with Gasteiger partial charge >= 0.3 is 5.97 Å². The third-order valence-electron chi connectivity index (χ3n) is 4.93. The highest BCUT2D eigenvalue weighted by Gasteiger charge is 2.18. The number of likely N-dealkylation sites (N-methyl/N-ethyl adjacent to an activating group) is 1. The number of carbonyl (C=O) groups excluding carboxylic acids is 2. The molecule has 1 amide bonds. The molecular weight excluding hydrogens is 398 g/mol. The molecule has 0 aromatic heterocycles. The zero-order chi connectivity index (χ0) is 22.4. The minimum absolute atomic E-state index is 0.275. The van der Waals surface area contributed by atoms with Crippen molar-refractivity contribution in [3.63, 3.8) is 0 Å². The molecule has 31 heavy (non-hydrogen) atoms. The number of aryl methyl sites for hydroxylation is 2. The molecule has 0 aliphatic carbocycles. The van der Waals surface area contributed by atoms with Gasteiger partial charge < -0.3 is 23.8 Å². The second-order valence-electron chi connectivity index (χ2n) is 7.37. The van der Waals surface area contributed by atoms with Crippen molar-refractivity contribution in [2.75, 3.05) is 34.0 Å². The summed E-state index contributed by atoms with van der Waals surface area (Å²) in [5, 5.41) is 0. The Balaban J connectivity index is 1.54. The quantitative estimate of drug-likeness (QED) is 0.501. The van der Waals surface area contributed by atoms with E-state index in [0.29, 0.717) is 42.6 Å². The van der Waals surface area contributed by atoms with Crippen LogP contribution in [0.5, 0.6) is 17.2 Å². The van der Waals surface area contributed by atoms with Crippen molar-refractivity contribution in [1.82, 2.24) is 4.90 Å². The molecule has 2 aromatic carbocycles. The number of amides is 1. The minimum atomic E-state index is -0.609. The van der Waals surface area contributed by atoms with Crippen LogP contribution in [0.2, 0.25) is 0 Å². The Bertz CT molecular complexity index is 981. The minimum Gasteiger partial charge on any atom is -0.493 e. The van der Waals surface area contributed by atoms with E-state index in [1.54, 1.807) is 30.2 Å². The first kappa shape index (κ1) is 22.2. The van der Waals surface area contributed by atoms with Crippen molar-refractivity contribution in [3.05, 3.63) is 58.7 Å². The van der Waals surface area contributed by atoms with Crippen molar-refractivity contribution >= 4 is 18.0 Å². The second kappa shape index (κ2) is 10.0. The van der Waals surface area contributed by atoms with Gasteiger partial charge in [0.15, 0.2) is 18.1 Å². The number of benzene rings is 2. The summed E-state index contributed by atoms with van der Waals surface area (Å²) in [6.45, 7) is 5.07. The number of fused-ring (bicyclic) bond motifs is 1. The molecule has 0 saturated heterocycles. The van der Waals surface area contributed by atoms with E-state index in [0.717, 1.165) is 11.1 Å². The lowest BCUT2D eigenvalue weighted by atomic mass is 10.1. The van der Waals surface area contributed by atoms with Gasteiger partial charge in [-0.15, -0.1) is 0 Å². The number of hydrogen-bond acceptors (Lipinski definition) is 6. The topological polar surface area (TPSA) is 74.3 Å². The Hall–Kier alpha value is -3.48. The Morgan fingerprint density at radius 2 is 1.90 bits per heavy atom. The van der Waals surface area contributed by atoms with Crippen LogP contribution in [0.15, 0.2) is 36.4 Å². The van der Waals surface area contributed by atoms with E-state index >= 15 is 0 Å². The van der Waals surface area contributed by atoms with Gasteiger partial charge in [-0.3, -0.25) is 4.79 Å². The first-order valence-corrected chi connectivity index (χ1v) is 10.00. The van der Waals surface area contributed by atoms with E-state index < -0.39 is 5.97 Å². The van der Waals surface area contributed by atoms with Gasteiger partial charge in [0, 0.05) is 19.7 Å². The average Bonchev–Trinajstić information content (AvgIpc) is 2.77. The first-order valence-electron chi connectivity index (χ1n) is 10.00. The highest BCUT2D eigenvalue weighted by Crippen LogP contribution is 2.40. The van der Waals surface area contributed by atoms with Crippen LogP contribution in [-0.4, -0.2) is 50.8 Å². The maximum Gasteiger partial charge on any atom is 0.331 e. The maximum atomic E-state index is 12.3. The molecule has 1 heterocycles. The molecule has 0 fully saturated rings. The fourth-order valence-corrected chi connectivity index (χ4v) is 3.21. The third-order valence-corrected chi connectivity index (χ3v) is 4.93. The summed E-state index contributed by atoms with van der Waals surface area (Å²) in [6, 6.07) is 9.58. The van der Waals surface area contributed by atoms with Crippen LogP contribution in [-0.2, 0) is 20.9 Å². The SMILES string of the molecule is COc1cc(/C=C/C(=O)OCC(=O)N(C)Cc2ccc(C)cc2C)cc2c1OCCO2. The lowest BCUT2D eigenvalue weighted by Gasteiger charge is -2.20. The molecule has 2 aromatic rings. The van der Waals surface area contributed by atoms with Gasteiger partial charge in [0.1, 0.15) is 13.2 Å². The van der Waals surface area contributed by atoms with Crippen LogP contribution in [0.3, 0.4) is 0 Å². The molecule has 0 bridgehead atoms. The zero-order valence-electron chi connectivity index (χ0n) is 18.3. The molecule has 0 saturated carbocycles. The molecule has 164 valence electrons. The molecule has 0 N–H and O–H groups in total. The monoisotopic (exact) mass is 425 g/mol. The van der Waals surface area contributed by atoms with Crippen molar-refractivity contribution < 1.29 is 28.5 Å². The summed E-state index contributed by atoms with van der Waals surface area (Å²) < 4.78 is 21.6. The van der Waals surface area contributed by atoms with Gasteiger partial charge in [-0.25, -0.2) is 4.79 Å². The number of methoxy groups -OCH3 is 1. The Kier molecular flexibility index (Phi) is 7.18. The summed E-state index contributed by atoms with van der Waals surface area (Å²) >= 11 is 0. The van der Waals surface area contributed by atoms with Crippen LogP contribution < -0.4 is 14.2 Å². The molecule has 0 atom stereocenters. The number of nitrogens with zero attached hydrogens (tertiary/aromatic N) is 1. The van der Waals surface area contributed by atoms with Crippen LogP contribution in [0.25, 0.3) is 6.08 Å². The van der Waals surface area contributed by atoms with Crippen molar-refractivity contribution in [1.29, 1.82) is 0 Å². The fourth-order valence-electron chi connectivity index (χ4n) is 3.21. The lowest BCUT2D eigenvalue weighted by Crippen LogP contribution is -2.30. The predicted molar refractivity (Wildman–Crippen MR) is 116 cm³/mol. The molecule has 0 unspecified atom stereocenters. The summed E-state index contributed by atoms with van der Waals surface area (Å²) in [7, 11) is 3.22. The van der Waals surface area contributed by atoms with Crippen molar-refractivity contribution in [3.8, 4) is 17.2 Å². The molecule has 3 rings (SSSR count). The zero-order valence-corrected chi connectivity index (χ0v) is 18.3. The van der Waals surface area contributed by atoms with Crippen LogP contribution in [0.4, 0.5) is 0 Å². The summed E-state index contributed by atoms with van der Waals surface area (Å²) in [4.78, 5) is 25.9. The second-order valence-corrected chi connectivity index (χ2v) is 7.37. The van der Waals surface area contributed by atoms with Crippen LogP contribution >= 0.6 is 0 Å². The molecule has 1 aliphatic rings. The summed E-state index contributed by atoms with van der Waals surface area (Å²) in [5.41, 5.74) is 4.04.